The molecule has 0 unspecified atom stereocenters. The molecule has 0 aliphatic carbocycles. The van der Waals surface area contributed by atoms with Crippen LogP contribution < -0.4 is 15.8 Å². The molecule has 1 saturated heterocycles. The Balaban J connectivity index is 1.95. The van der Waals surface area contributed by atoms with Gasteiger partial charge in [-0.2, -0.15) is 0 Å². The molecule has 0 radical (unpaired) electrons. The van der Waals surface area contributed by atoms with Crippen molar-refractivity contribution in [2.45, 2.75) is 27.3 Å². The van der Waals surface area contributed by atoms with Crippen LogP contribution in [0.4, 0.5) is 0 Å². The number of nitrogens with zero attached hydrogens (tertiary/aromatic N) is 3. The summed E-state index contributed by atoms with van der Waals surface area (Å²) in [5.74, 6) is 1.80. The van der Waals surface area contributed by atoms with Gasteiger partial charge in [-0.1, -0.05) is 26.0 Å². The SMILES string of the molecule is CCNC(=NCc1cccc(OCC(N)=O)c1)N1CCN(CC(C)C)CC1. The van der Waals surface area contributed by atoms with Gasteiger partial charge in [0.25, 0.3) is 5.91 Å². The van der Waals surface area contributed by atoms with Crippen LogP contribution >= 0.6 is 0 Å². The number of benzene rings is 1. The van der Waals surface area contributed by atoms with Gasteiger partial charge in [0.15, 0.2) is 12.6 Å². The average Bonchev–Trinajstić information content (AvgIpc) is 2.64. The number of hydrogen-bond acceptors (Lipinski definition) is 4. The first-order chi connectivity index (χ1) is 13.0. The summed E-state index contributed by atoms with van der Waals surface area (Å²) < 4.78 is 5.37. The lowest BCUT2D eigenvalue weighted by Crippen LogP contribution is -2.53. The average molecular weight is 376 g/mol. The van der Waals surface area contributed by atoms with Gasteiger partial charge in [-0.15, -0.1) is 0 Å². The molecule has 1 aliphatic heterocycles. The molecule has 0 saturated carbocycles. The first kappa shape index (κ1) is 21.0. The summed E-state index contributed by atoms with van der Waals surface area (Å²) in [5, 5.41) is 3.40. The maximum atomic E-state index is 10.9. The molecule has 1 amide bonds. The number of piperazine rings is 1. The Bertz CT molecular complexity index is 625. The molecule has 27 heavy (non-hydrogen) atoms. The standard InChI is InChI=1S/C20H33N5O2/c1-4-22-20(25-10-8-24(9-11-25)14-16(2)3)23-13-17-6-5-7-18(12-17)27-15-19(21)26/h5-7,12,16H,4,8-11,13-15H2,1-3H3,(H2,21,26)(H,22,23). The second-order valence-electron chi connectivity index (χ2n) is 7.25. The largest absolute Gasteiger partial charge is 0.484 e. The van der Waals surface area contributed by atoms with Gasteiger partial charge in [0, 0.05) is 39.3 Å². The van der Waals surface area contributed by atoms with Crippen LogP contribution in [-0.2, 0) is 11.3 Å². The van der Waals surface area contributed by atoms with Crippen molar-refractivity contribution < 1.29 is 9.53 Å². The maximum Gasteiger partial charge on any atom is 0.255 e. The summed E-state index contributed by atoms with van der Waals surface area (Å²) in [6.07, 6.45) is 0. The van der Waals surface area contributed by atoms with Crippen LogP contribution in [0, 0.1) is 5.92 Å². The molecular formula is C20H33N5O2. The normalized spacial score (nSPS) is 15.9. The number of carbonyl (C=O) groups excluding carboxylic acids is 1. The molecule has 1 aromatic rings. The minimum absolute atomic E-state index is 0.115. The number of aliphatic imine (C=N–C) groups is 1. The number of ether oxygens (including phenoxy) is 1. The summed E-state index contributed by atoms with van der Waals surface area (Å²) >= 11 is 0. The summed E-state index contributed by atoms with van der Waals surface area (Å²) in [5.41, 5.74) is 6.16. The first-order valence-corrected chi connectivity index (χ1v) is 9.73. The summed E-state index contributed by atoms with van der Waals surface area (Å²) in [6.45, 7) is 13.2. The zero-order valence-electron chi connectivity index (χ0n) is 16.8. The fraction of sp³-hybridized carbons (Fsp3) is 0.600. The molecule has 1 aliphatic rings. The Labute approximate surface area is 162 Å². The third-order valence-electron chi connectivity index (χ3n) is 4.32. The molecule has 2 rings (SSSR count). The van der Waals surface area contributed by atoms with Crippen molar-refractivity contribution in [2.75, 3.05) is 45.9 Å². The van der Waals surface area contributed by atoms with Gasteiger partial charge in [0.05, 0.1) is 6.54 Å². The molecule has 0 spiro atoms. The van der Waals surface area contributed by atoms with Crippen molar-refractivity contribution in [3.63, 3.8) is 0 Å². The second-order valence-corrected chi connectivity index (χ2v) is 7.25. The molecule has 0 bridgehead atoms. The molecule has 7 nitrogen and oxygen atoms in total. The van der Waals surface area contributed by atoms with Crippen LogP contribution in [-0.4, -0.2) is 67.5 Å². The van der Waals surface area contributed by atoms with Crippen molar-refractivity contribution in [1.29, 1.82) is 0 Å². The predicted octanol–water partition coefficient (Wildman–Crippen LogP) is 1.29. The zero-order chi connectivity index (χ0) is 19.6. The Hall–Kier alpha value is -2.28. The van der Waals surface area contributed by atoms with E-state index in [0.29, 0.717) is 18.2 Å². The van der Waals surface area contributed by atoms with Gasteiger partial charge < -0.3 is 20.7 Å². The van der Waals surface area contributed by atoms with Crippen LogP contribution in [0.3, 0.4) is 0 Å². The molecule has 1 fully saturated rings. The van der Waals surface area contributed by atoms with Crippen LogP contribution in [0.2, 0.25) is 0 Å². The van der Waals surface area contributed by atoms with Gasteiger partial charge in [0.2, 0.25) is 0 Å². The van der Waals surface area contributed by atoms with Crippen LogP contribution in [0.5, 0.6) is 5.75 Å². The number of hydrogen-bond donors (Lipinski definition) is 2. The first-order valence-electron chi connectivity index (χ1n) is 9.73. The smallest absolute Gasteiger partial charge is 0.255 e. The highest BCUT2D eigenvalue weighted by molar-refractivity contribution is 5.80. The fourth-order valence-electron chi connectivity index (χ4n) is 3.14. The second kappa shape index (κ2) is 10.8. The van der Waals surface area contributed by atoms with Gasteiger partial charge in [-0.25, -0.2) is 4.99 Å². The van der Waals surface area contributed by atoms with Crippen molar-refractivity contribution in [1.82, 2.24) is 15.1 Å². The number of rotatable bonds is 8. The topological polar surface area (TPSA) is 83.2 Å². The predicted molar refractivity (Wildman–Crippen MR) is 109 cm³/mol. The quantitative estimate of drug-likeness (QED) is 0.528. The number of carbonyl (C=O) groups is 1. The van der Waals surface area contributed by atoms with Crippen molar-refractivity contribution in [3.05, 3.63) is 29.8 Å². The Morgan fingerprint density at radius 1 is 1.30 bits per heavy atom. The van der Waals surface area contributed by atoms with E-state index in [1.807, 2.05) is 24.3 Å². The van der Waals surface area contributed by atoms with Crippen molar-refractivity contribution in [2.24, 2.45) is 16.6 Å². The molecule has 150 valence electrons. The van der Waals surface area contributed by atoms with Gasteiger partial charge in [-0.05, 0) is 30.5 Å². The third kappa shape index (κ3) is 7.46. The van der Waals surface area contributed by atoms with E-state index < -0.39 is 5.91 Å². The lowest BCUT2D eigenvalue weighted by atomic mass is 10.2. The highest BCUT2D eigenvalue weighted by atomic mass is 16.5. The van der Waals surface area contributed by atoms with E-state index in [9.17, 15) is 4.79 Å². The minimum Gasteiger partial charge on any atom is -0.484 e. The summed E-state index contributed by atoms with van der Waals surface area (Å²) in [7, 11) is 0. The number of primary amides is 1. The highest BCUT2D eigenvalue weighted by Gasteiger charge is 2.19. The number of nitrogens with two attached hydrogens (primary N) is 1. The van der Waals surface area contributed by atoms with E-state index >= 15 is 0 Å². The monoisotopic (exact) mass is 375 g/mol. The van der Waals surface area contributed by atoms with E-state index in [0.717, 1.165) is 50.8 Å². The molecule has 1 aromatic carbocycles. The molecule has 0 aromatic heterocycles. The maximum absolute atomic E-state index is 10.9. The van der Waals surface area contributed by atoms with E-state index in [1.54, 1.807) is 0 Å². The Morgan fingerprint density at radius 3 is 2.67 bits per heavy atom. The van der Waals surface area contributed by atoms with Crippen molar-refractivity contribution in [3.8, 4) is 5.75 Å². The van der Waals surface area contributed by atoms with E-state index in [2.05, 4.69) is 35.9 Å². The van der Waals surface area contributed by atoms with E-state index in [-0.39, 0.29) is 6.61 Å². The molecular weight excluding hydrogens is 342 g/mol. The Morgan fingerprint density at radius 2 is 2.04 bits per heavy atom. The van der Waals surface area contributed by atoms with Crippen LogP contribution in [0.1, 0.15) is 26.3 Å². The van der Waals surface area contributed by atoms with Gasteiger partial charge in [0.1, 0.15) is 5.75 Å². The zero-order valence-corrected chi connectivity index (χ0v) is 16.8. The Kier molecular flexibility index (Phi) is 8.39. The van der Waals surface area contributed by atoms with Crippen molar-refractivity contribution >= 4 is 11.9 Å². The minimum atomic E-state index is -0.482. The number of amides is 1. The summed E-state index contributed by atoms with van der Waals surface area (Å²) in [6, 6.07) is 7.62. The lowest BCUT2D eigenvalue weighted by Gasteiger charge is -2.37. The van der Waals surface area contributed by atoms with E-state index in [1.165, 1.54) is 0 Å². The molecule has 0 atom stereocenters. The number of guanidine groups is 1. The third-order valence-corrected chi connectivity index (χ3v) is 4.32. The molecule has 1 heterocycles. The van der Waals surface area contributed by atoms with Crippen LogP contribution in [0.15, 0.2) is 29.3 Å². The summed E-state index contributed by atoms with van der Waals surface area (Å²) in [4.78, 5) is 20.5. The van der Waals surface area contributed by atoms with Gasteiger partial charge >= 0.3 is 0 Å². The number of nitrogens with one attached hydrogen (secondary N) is 1. The van der Waals surface area contributed by atoms with E-state index in [4.69, 9.17) is 15.5 Å². The molecule has 3 N–H and O–H groups in total. The van der Waals surface area contributed by atoms with Crippen LogP contribution in [0.25, 0.3) is 0 Å². The lowest BCUT2D eigenvalue weighted by molar-refractivity contribution is -0.119. The molecule has 7 heteroatoms. The van der Waals surface area contributed by atoms with Gasteiger partial charge in [-0.3, -0.25) is 9.69 Å². The highest BCUT2D eigenvalue weighted by Crippen LogP contribution is 2.14. The fourth-order valence-corrected chi connectivity index (χ4v) is 3.14.